The van der Waals surface area contributed by atoms with Gasteiger partial charge in [-0.05, 0) is 12.1 Å². The first kappa shape index (κ1) is 15.2. The first-order valence-electron chi connectivity index (χ1n) is 5.27. The molecule has 0 saturated carbocycles. The van der Waals surface area contributed by atoms with Crippen LogP contribution in [0.3, 0.4) is 0 Å². The maximum atomic E-state index is 12.1. The largest absolute Gasteiger partial charge is 0.485 e. The third-order valence-electron chi connectivity index (χ3n) is 2.13. The van der Waals surface area contributed by atoms with Gasteiger partial charge in [-0.1, -0.05) is 5.92 Å². The predicted molar refractivity (Wildman–Crippen MR) is 68.4 cm³/mol. The second-order valence-corrected chi connectivity index (χ2v) is 5.71. The van der Waals surface area contributed by atoms with Crippen LogP contribution in [0.4, 0.5) is 14.5 Å². The summed E-state index contributed by atoms with van der Waals surface area (Å²) in [4.78, 5) is -0.0111. The van der Waals surface area contributed by atoms with Crippen LogP contribution in [0.5, 0.6) is 5.75 Å². The molecule has 0 aromatic heterocycles. The van der Waals surface area contributed by atoms with Crippen LogP contribution in [0.25, 0.3) is 0 Å². The quantitative estimate of drug-likeness (QED) is 0.811. The normalized spacial score (nSPS) is 11.1. The van der Waals surface area contributed by atoms with Crippen molar-refractivity contribution in [2.75, 3.05) is 24.7 Å². The summed E-state index contributed by atoms with van der Waals surface area (Å²) >= 11 is 0. The molecule has 7 heteroatoms. The molecular weight excluding hydrogens is 276 g/mol. The Morgan fingerprint density at radius 3 is 2.68 bits per heavy atom. The van der Waals surface area contributed by atoms with E-state index in [1.54, 1.807) is 0 Å². The monoisotopic (exact) mass is 289 g/mol. The number of nitrogens with one attached hydrogen (secondary N) is 1. The van der Waals surface area contributed by atoms with Gasteiger partial charge in [0.25, 0.3) is 6.43 Å². The molecule has 0 spiro atoms. The summed E-state index contributed by atoms with van der Waals surface area (Å²) in [6.07, 6.45) is 3.45. The van der Waals surface area contributed by atoms with Crippen LogP contribution in [0.2, 0.25) is 0 Å². The Morgan fingerprint density at radius 2 is 2.16 bits per heavy atom. The first-order valence-corrected chi connectivity index (χ1v) is 7.16. The van der Waals surface area contributed by atoms with E-state index in [0.29, 0.717) is 5.69 Å². The Balaban J connectivity index is 3.07. The third kappa shape index (κ3) is 4.75. The number of halogens is 2. The molecule has 0 amide bonds. The van der Waals surface area contributed by atoms with E-state index in [-0.39, 0.29) is 17.2 Å². The lowest BCUT2D eigenvalue weighted by Gasteiger charge is -2.13. The van der Waals surface area contributed by atoms with E-state index in [9.17, 15) is 17.2 Å². The Hall–Kier alpha value is -1.81. The minimum atomic E-state index is -3.44. The van der Waals surface area contributed by atoms with Crippen molar-refractivity contribution < 1.29 is 21.9 Å². The Labute approximate surface area is 110 Å². The number of alkyl halides is 2. The van der Waals surface area contributed by atoms with Crippen molar-refractivity contribution in [2.45, 2.75) is 11.3 Å². The van der Waals surface area contributed by atoms with Gasteiger partial charge in [-0.2, -0.15) is 0 Å². The Morgan fingerprint density at radius 1 is 1.47 bits per heavy atom. The van der Waals surface area contributed by atoms with Crippen LogP contribution in [0.1, 0.15) is 0 Å². The highest BCUT2D eigenvalue weighted by molar-refractivity contribution is 7.90. The number of hydrogen-bond donors (Lipinski definition) is 1. The number of terminal acetylenes is 1. The highest BCUT2D eigenvalue weighted by atomic mass is 32.2. The molecule has 4 nitrogen and oxygen atoms in total. The van der Waals surface area contributed by atoms with Gasteiger partial charge in [0.1, 0.15) is 12.4 Å². The van der Waals surface area contributed by atoms with Gasteiger partial charge in [0.15, 0.2) is 9.84 Å². The van der Waals surface area contributed by atoms with Crippen molar-refractivity contribution in [3.8, 4) is 18.1 Å². The molecule has 1 N–H and O–H groups in total. The summed E-state index contributed by atoms with van der Waals surface area (Å²) in [7, 11) is -3.44. The van der Waals surface area contributed by atoms with Crippen LogP contribution in [0, 0.1) is 12.3 Å². The van der Waals surface area contributed by atoms with Gasteiger partial charge in [0.05, 0.1) is 17.1 Å². The topological polar surface area (TPSA) is 55.4 Å². The summed E-state index contributed by atoms with van der Waals surface area (Å²) < 4.78 is 52.0. The van der Waals surface area contributed by atoms with E-state index in [4.69, 9.17) is 11.2 Å². The van der Waals surface area contributed by atoms with E-state index in [1.807, 2.05) is 0 Å². The minimum Gasteiger partial charge on any atom is -0.485 e. The lowest BCUT2D eigenvalue weighted by atomic mass is 10.3. The van der Waals surface area contributed by atoms with E-state index in [2.05, 4.69) is 11.2 Å². The predicted octanol–water partition coefficient (Wildman–Crippen LogP) is 1.78. The molecule has 19 heavy (non-hydrogen) atoms. The molecule has 104 valence electrons. The standard InChI is InChI=1S/C12H13F2NO3S/c1-3-6-15-10-5-4-9(19(2,16)17)7-11(10)18-8-12(13)14/h1,4-5,7,12,15H,6,8H2,2H3. The van der Waals surface area contributed by atoms with Crippen LogP contribution >= 0.6 is 0 Å². The van der Waals surface area contributed by atoms with Gasteiger partial charge in [-0.25, -0.2) is 17.2 Å². The van der Waals surface area contributed by atoms with E-state index in [0.717, 1.165) is 6.26 Å². The van der Waals surface area contributed by atoms with Crippen molar-refractivity contribution in [3.05, 3.63) is 18.2 Å². The molecule has 0 atom stereocenters. The molecule has 0 aliphatic heterocycles. The van der Waals surface area contributed by atoms with Crippen molar-refractivity contribution in [2.24, 2.45) is 0 Å². The van der Waals surface area contributed by atoms with Crippen molar-refractivity contribution in [1.82, 2.24) is 0 Å². The van der Waals surface area contributed by atoms with E-state index < -0.39 is 22.9 Å². The van der Waals surface area contributed by atoms with Gasteiger partial charge in [0.2, 0.25) is 0 Å². The molecule has 1 rings (SSSR count). The summed E-state index contributed by atoms with van der Waals surface area (Å²) in [6.45, 7) is -0.652. The fourth-order valence-electron chi connectivity index (χ4n) is 1.30. The molecule has 0 heterocycles. The Bertz CT molecular complexity index is 579. The van der Waals surface area contributed by atoms with Crippen LogP contribution in [-0.2, 0) is 9.84 Å². The molecule has 1 aromatic carbocycles. The summed E-state index contributed by atoms with van der Waals surface area (Å²) in [5, 5.41) is 2.76. The van der Waals surface area contributed by atoms with Gasteiger partial charge < -0.3 is 10.1 Å². The zero-order valence-electron chi connectivity index (χ0n) is 10.2. The van der Waals surface area contributed by atoms with E-state index in [1.165, 1.54) is 18.2 Å². The number of benzene rings is 1. The van der Waals surface area contributed by atoms with Crippen molar-refractivity contribution in [1.29, 1.82) is 0 Å². The van der Waals surface area contributed by atoms with Crippen molar-refractivity contribution in [3.63, 3.8) is 0 Å². The average molecular weight is 289 g/mol. The maximum absolute atomic E-state index is 12.1. The molecule has 0 unspecified atom stereocenters. The number of anilines is 1. The summed E-state index contributed by atoms with van der Waals surface area (Å²) in [5.41, 5.74) is 0.367. The average Bonchev–Trinajstić information content (AvgIpc) is 2.33. The van der Waals surface area contributed by atoms with Crippen LogP contribution in [-0.4, -0.2) is 34.3 Å². The second-order valence-electron chi connectivity index (χ2n) is 3.69. The fraction of sp³-hybridized carbons (Fsp3) is 0.333. The lowest BCUT2D eigenvalue weighted by molar-refractivity contribution is 0.0821. The summed E-state index contributed by atoms with van der Waals surface area (Å²) in [6, 6.07) is 3.97. The lowest BCUT2D eigenvalue weighted by Crippen LogP contribution is -2.10. The second kappa shape index (κ2) is 6.38. The highest BCUT2D eigenvalue weighted by Crippen LogP contribution is 2.28. The van der Waals surface area contributed by atoms with Gasteiger partial charge in [0, 0.05) is 12.3 Å². The Kier molecular flexibility index (Phi) is 5.12. The molecule has 0 radical (unpaired) electrons. The number of hydrogen-bond acceptors (Lipinski definition) is 4. The van der Waals surface area contributed by atoms with Crippen LogP contribution in [0.15, 0.2) is 23.1 Å². The number of rotatable bonds is 6. The highest BCUT2D eigenvalue weighted by Gasteiger charge is 2.13. The number of ether oxygens (including phenoxy) is 1. The maximum Gasteiger partial charge on any atom is 0.272 e. The molecule has 1 aromatic rings. The summed E-state index contributed by atoms with van der Waals surface area (Å²) in [5.74, 6) is 2.35. The van der Waals surface area contributed by atoms with Gasteiger partial charge >= 0.3 is 0 Å². The molecule has 0 bridgehead atoms. The first-order chi connectivity index (χ1) is 8.84. The van der Waals surface area contributed by atoms with Gasteiger partial charge in [-0.15, -0.1) is 6.42 Å². The van der Waals surface area contributed by atoms with Gasteiger partial charge in [-0.3, -0.25) is 0 Å². The molecule has 0 aliphatic carbocycles. The van der Waals surface area contributed by atoms with Crippen molar-refractivity contribution >= 4 is 15.5 Å². The third-order valence-corrected chi connectivity index (χ3v) is 3.24. The van der Waals surface area contributed by atoms with Crippen LogP contribution < -0.4 is 10.1 Å². The smallest absolute Gasteiger partial charge is 0.272 e. The molecule has 0 saturated heterocycles. The number of sulfone groups is 1. The zero-order valence-corrected chi connectivity index (χ0v) is 11.0. The fourth-order valence-corrected chi connectivity index (χ4v) is 1.93. The molecule has 0 fully saturated rings. The minimum absolute atomic E-state index is 0.0111. The molecular formula is C12H13F2NO3S. The zero-order chi connectivity index (χ0) is 14.5. The SMILES string of the molecule is C#CCNc1ccc(S(C)(=O)=O)cc1OCC(F)F. The molecule has 0 aliphatic rings. The van der Waals surface area contributed by atoms with E-state index >= 15 is 0 Å².